The number of rotatable bonds is 3. The van der Waals surface area contributed by atoms with Crippen LogP contribution in [0.25, 0.3) is 0 Å². The highest BCUT2D eigenvalue weighted by Gasteiger charge is 2.15. The molecule has 0 atom stereocenters. The molecule has 1 heterocycles. The Morgan fingerprint density at radius 2 is 2.18 bits per heavy atom. The Labute approximate surface area is 101 Å². The minimum atomic E-state index is 0.133. The van der Waals surface area contributed by atoms with Crippen molar-refractivity contribution in [2.45, 2.75) is 0 Å². The minimum Gasteiger partial charge on any atom is -0.399 e. The second kappa shape index (κ2) is 5.54. The highest BCUT2D eigenvalue weighted by atomic mass is 16.2. The van der Waals surface area contributed by atoms with Crippen molar-refractivity contribution in [1.82, 2.24) is 10.2 Å². The number of nitrogens with one attached hydrogen (secondary N) is 2. The van der Waals surface area contributed by atoms with Gasteiger partial charge in [-0.25, -0.2) is 0 Å². The van der Waals surface area contributed by atoms with Crippen molar-refractivity contribution in [1.29, 1.82) is 0 Å². The van der Waals surface area contributed by atoms with Gasteiger partial charge in [0.05, 0.1) is 6.54 Å². The highest BCUT2D eigenvalue weighted by Crippen LogP contribution is 2.11. The average molecular weight is 234 g/mol. The van der Waals surface area contributed by atoms with Gasteiger partial charge >= 0.3 is 0 Å². The second-order valence-corrected chi connectivity index (χ2v) is 4.11. The summed E-state index contributed by atoms with van der Waals surface area (Å²) in [7, 11) is 0. The van der Waals surface area contributed by atoms with Crippen molar-refractivity contribution in [3.8, 4) is 0 Å². The molecule has 1 amide bonds. The summed E-state index contributed by atoms with van der Waals surface area (Å²) < 4.78 is 0. The number of piperazine rings is 1. The molecule has 0 aromatic heterocycles. The van der Waals surface area contributed by atoms with Crippen LogP contribution in [0.2, 0.25) is 0 Å². The van der Waals surface area contributed by atoms with Crippen molar-refractivity contribution in [2.75, 3.05) is 43.8 Å². The van der Waals surface area contributed by atoms with Crippen LogP contribution < -0.4 is 16.4 Å². The molecule has 0 bridgehead atoms. The first-order chi connectivity index (χ1) is 8.25. The summed E-state index contributed by atoms with van der Waals surface area (Å²) in [5.41, 5.74) is 7.25. The molecule has 2 rings (SSSR count). The SMILES string of the molecule is Nc1cccc(NCC(=O)N2CCNCC2)c1. The summed E-state index contributed by atoms with van der Waals surface area (Å²) in [6, 6.07) is 7.42. The lowest BCUT2D eigenvalue weighted by molar-refractivity contribution is -0.129. The molecule has 1 fully saturated rings. The molecule has 0 aliphatic carbocycles. The summed E-state index contributed by atoms with van der Waals surface area (Å²) >= 11 is 0. The van der Waals surface area contributed by atoms with Gasteiger partial charge in [0.15, 0.2) is 0 Å². The zero-order valence-electron chi connectivity index (χ0n) is 9.78. The predicted octanol–water partition coefficient (Wildman–Crippen LogP) is 0.112. The molecule has 4 N–H and O–H groups in total. The molecule has 1 saturated heterocycles. The molecular formula is C12H18N4O. The van der Waals surface area contributed by atoms with E-state index in [2.05, 4.69) is 10.6 Å². The van der Waals surface area contributed by atoms with Crippen molar-refractivity contribution in [3.05, 3.63) is 24.3 Å². The van der Waals surface area contributed by atoms with Crippen LogP contribution in [-0.4, -0.2) is 43.5 Å². The first-order valence-corrected chi connectivity index (χ1v) is 5.83. The molecule has 17 heavy (non-hydrogen) atoms. The number of anilines is 2. The molecule has 0 radical (unpaired) electrons. The largest absolute Gasteiger partial charge is 0.399 e. The maximum absolute atomic E-state index is 11.9. The van der Waals surface area contributed by atoms with E-state index < -0.39 is 0 Å². The van der Waals surface area contributed by atoms with Crippen LogP contribution in [0.1, 0.15) is 0 Å². The quantitative estimate of drug-likeness (QED) is 0.649. The Kier molecular flexibility index (Phi) is 3.82. The smallest absolute Gasteiger partial charge is 0.241 e. The van der Waals surface area contributed by atoms with Crippen molar-refractivity contribution < 1.29 is 4.79 Å². The number of hydrogen-bond donors (Lipinski definition) is 3. The zero-order valence-corrected chi connectivity index (χ0v) is 9.78. The molecule has 92 valence electrons. The number of nitrogens with zero attached hydrogens (tertiary/aromatic N) is 1. The summed E-state index contributed by atoms with van der Waals surface area (Å²) in [6.07, 6.45) is 0. The Balaban J connectivity index is 1.83. The third kappa shape index (κ3) is 3.35. The monoisotopic (exact) mass is 234 g/mol. The molecule has 0 spiro atoms. The topological polar surface area (TPSA) is 70.4 Å². The molecule has 1 aromatic carbocycles. The number of nitrogen functional groups attached to an aromatic ring is 1. The molecule has 5 heteroatoms. The predicted molar refractivity (Wildman–Crippen MR) is 68.8 cm³/mol. The standard InChI is InChI=1S/C12H18N4O/c13-10-2-1-3-11(8-10)15-9-12(17)16-6-4-14-5-7-16/h1-3,8,14-15H,4-7,9,13H2. The molecule has 0 unspecified atom stereocenters. The van der Waals surface area contributed by atoms with Crippen LogP contribution >= 0.6 is 0 Å². The van der Waals surface area contributed by atoms with Crippen LogP contribution in [0.4, 0.5) is 11.4 Å². The van der Waals surface area contributed by atoms with E-state index in [0.717, 1.165) is 31.9 Å². The maximum atomic E-state index is 11.9. The Hall–Kier alpha value is -1.75. The molecule has 1 aliphatic rings. The summed E-state index contributed by atoms with van der Waals surface area (Å²) in [6.45, 7) is 3.66. The zero-order chi connectivity index (χ0) is 12.1. The number of hydrogen-bond acceptors (Lipinski definition) is 4. The molecule has 5 nitrogen and oxygen atoms in total. The van der Waals surface area contributed by atoms with Gasteiger partial charge in [0.2, 0.25) is 5.91 Å². The van der Waals surface area contributed by atoms with Crippen molar-refractivity contribution >= 4 is 17.3 Å². The normalized spacial score (nSPS) is 15.6. The third-order valence-electron chi connectivity index (χ3n) is 2.80. The molecule has 1 aliphatic heterocycles. The van der Waals surface area contributed by atoms with E-state index in [1.165, 1.54) is 0 Å². The minimum absolute atomic E-state index is 0.133. The van der Waals surface area contributed by atoms with Crippen LogP contribution in [0.5, 0.6) is 0 Å². The average Bonchev–Trinajstić information content (AvgIpc) is 2.37. The first kappa shape index (κ1) is 11.7. The Bertz CT molecular complexity index is 388. The second-order valence-electron chi connectivity index (χ2n) is 4.11. The van der Waals surface area contributed by atoms with Gasteiger partial charge in [-0.3, -0.25) is 4.79 Å². The van der Waals surface area contributed by atoms with Crippen LogP contribution in [-0.2, 0) is 4.79 Å². The first-order valence-electron chi connectivity index (χ1n) is 5.83. The molecular weight excluding hydrogens is 216 g/mol. The van der Waals surface area contributed by atoms with Gasteiger partial charge < -0.3 is 21.3 Å². The van der Waals surface area contributed by atoms with E-state index in [-0.39, 0.29) is 5.91 Å². The van der Waals surface area contributed by atoms with E-state index in [1.54, 1.807) is 0 Å². The van der Waals surface area contributed by atoms with Gasteiger partial charge in [0.25, 0.3) is 0 Å². The van der Waals surface area contributed by atoms with E-state index in [1.807, 2.05) is 29.2 Å². The van der Waals surface area contributed by atoms with E-state index in [4.69, 9.17) is 5.73 Å². The Morgan fingerprint density at radius 1 is 1.41 bits per heavy atom. The number of carbonyl (C=O) groups excluding carboxylic acids is 1. The van der Waals surface area contributed by atoms with Crippen LogP contribution in [0.15, 0.2) is 24.3 Å². The van der Waals surface area contributed by atoms with E-state index >= 15 is 0 Å². The fraction of sp³-hybridized carbons (Fsp3) is 0.417. The van der Waals surface area contributed by atoms with Crippen molar-refractivity contribution in [3.63, 3.8) is 0 Å². The molecule has 0 saturated carbocycles. The number of benzene rings is 1. The lowest BCUT2D eigenvalue weighted by Gasteiger charge is -2.27. The van der Waals surface area contributed by atoms with Gasteiger partial charge in [0, 0.05) is 37.6 Å². The fourth-order valence-corrected chi connectivity index (χ4v) is 1.85. The number of nitrogens with two attached hydrogens (primary N) is 1. The van der Waals surface area contributed by atoms with Crippen LogP contribution in [0, 0.1) is 0 Å². The third-order valence-corrected chi connectivity index (χ3v) is 2.80. The van der Waals surface area contributed by atoms with Gasteiger partial charge in [-0.2, -0.15) is 0 Å². The summed E-state index contributed by atoms with van der Waals surface area (Å²) in [5, 5.41) is 6.31. The van der Waals surface area contributed by atoms with Gasteiger partial charge in [-0.15, -0.1) is 0 Å². The maximum Gasteiger partial charge on any atom is 0.241 e. The fourth-order valence-electron chi connectivity index (χ4n) is 1.85. The molecule has 1 aromatic rings. The van der Waals surface area contributed by atoms with Gasteiger partial charge in [-0.1, -0.05) is 6.07 Å². The summed E-state index contributed by atoms with van der Waals surface area (Å²) in [4.78, 5) is 13.7. The van der Waals surface area contributed by atoms with E-state index in [0.29, 0.717) is 12.2 Å². The lowest BCUT2D eigenvalue weighted by Crippen LogP contribution is -2.48. The highest BCUT2D eigenvalue weighted by molar-refractivity contribution is 5.81. The Morgan fingerprint density at radius 3 is 2.88 bits per heavy atom. The van der Waals surface area contributed by atoms with Crippen LogP contribution in [0.3, 0.4) is 0 Å². The van der Waals surface area contributed by atoms with Crippen molar-refractivity contribution in [2.24, 2.45) is 0 Å². The van der Waals surface area contributed by atoms with Gasteiger partial charge in [-0.05, 0) is 18.2 Å². The van der Waals surface area contributed by atoms with Gasteiger partial charge in [0.1, 0.15) is 0 Å². The number of carbonyl (C=O) groups is 1. The summed E-state index contributed by atoms with van der Waals surface area (Å²) in [5.74, 6) is 0.133. The lowest BCUT2D eigenvalue weighted by atomic mass is 10.3. The number of amides is 1. The van der Waals surface area contributed by atoms with E-state index in [9.17, 15) is 4.79 Å².